The molecule has 0 aliphatic carbocycles. The number of carbonyl (C=O) groups excluding carboxylic acids is 2. The van der Waals surface area contributed by atoms with Crippen LogP contribution in [0.4, 0.5) is 10.8 Å². The summed E-state index contributed by atoms with van der Waals surface area (Å²) in [5, 5.41) is 7.89. The topological polar surface area (TPSA) is 89.5 Å². The van der Waals surface area contributed by atoms with Gasteiger partial charge in [-0.05, 0) is 49.2 Å². The zero-order valence-electron chi connectivity index (χ0n) is 16.6. The predicted octanol–water partition coefficient (Wildman–Crippen LogP) is 4.11. The van der Waals surface area contributed by atoms with Crippen LogP contribution in [-0.2, 0) is 16.0 Å². The molecule has 2 amide bonds. The van der Waals surface area contributed by atoms with Crippen LogP contribution in [0.5, 0.6) is 11.5 Å². The Hall–Kier alpha value is -3.39. The predicted molar refractivity (Wildman–Crippen MR) is 116 cm³/mol. The summed E-state index contributed by atoms with van der Waals surface area (Å²) in [6, 6.07) is 13.1. The molecule has 1 aliphatic rings. The monoisotopic (exact) mass is 423 g/mol. The summed E-state index contributed by atoms with van der Waals surface area (Å²) < 4.78 is 11.1. The van der Waals surface area contributed by atoms with Gasteiger partial charge in [0, 0.05) is 10.9 Å². The minimum absolute atomic E-state index is 0.0964. The van der Waals surface area contributed by atoms with E-state index < -0.39 is 6.10 Å². The number of ether oxygens (including phenoxy) is 2. The number of benzene rings is 2. The van der Waals surface area contributed by atoms with Gasteiger partial charge in [-0.25, -0.2) is 4.98 Å². The first-order chi connectivity index (χ1) is 14.5. The van der Waals surface area contributed by atoms with Gasteiger partial charge in [-0.2, -0.15) is 0 Å². The first-order valence-corrected chi connectivity index (χ1v) is 10.5. The lowest BCUT2D eigenvalue weighted by molar-refractivity contribution is -0.122. The number of fused-ring (bicyclic) bond motifs is 1. The number of carbonyl (C=O) groups is 2. The Morgan fingerprint density at radius 1 is 1.27 bits per heavy atom. The third kappa shape index (κ3) is 4.44. The maximum atomic E-state index is 12.2. The molecule has 30 heavy (non-hydrogen) atoms. The molecule has 1 aliphatic heterocycles. The molecular weight excluding hydrogens is 402 g/mol. The van der Waals surface area contributed by atoms with Gasteiger partial charge in [-0.15, -0.1) is 11.3 Å². The number of nitrogens with one attached hydrogen (secondary N) is 2. The molecule has 8 heteroatoms. The van der Waals surface area contributed by atoms with Crippen LogP contribution in [0, 0.1) is 0 Å². The fourth-order valence-corrected chi connectivity index (χ4v) is 3.69. The van der Waals surface area contributed by atoms with Crippen LogP contribution in [0.3, 0.4) is 0 Å². The van der Waals surface area contributed by atoms with E-state index in [0.29, 0.717) is 28.0 Å². The highest BCUT2D eigenvalue weighted by Crippen LogP contribution is 2.34. The molecule has 1 atom stereocenters. The van der Waals surface area contributed by atoms with Crippen molar-refractivity contribution in [2.75, 3.05) is 17.2 Å². The third-order valence-corrected chi connectivity index (χ3v) is 5.42. The van der Waals surface area contributed by atoms with E-state index >= 15 is 0 Å². The number of rotatable bonds is 6. The van der Waals surface area contributed by atoms with Crippen molar-refractivity contribution >= 4 is 34.0 Å². The first kappa shape index (κ1) is 19.9. The summed E-state index contributed by atoms with van der Waals surface area (Å²) in [6.07, 6.45) is 0.437. The SMILES string of the molecule is CCc1ccc(OCC(=O)Nc2nc(-c3ccc4c(c3)NC(=O)C(C)O4)cs2)cc1. The number of amides is 2. The molecule has 7 nitrogen and oxygen atoms in total. The molecule has 1 unspecified atom stereocenters. The molecule has 0 radical (unpaired) electrons. The quantitative estimate of drug-likeness (QED) is 0.623. The summed E-state index contributed by atoms with van der Waals surface area (Å²) in [7, 11) is 0. The molecule has 2 heterocycles. The summed E-state index contributed by atoms with van der Waals surface area (Å²) >= 11 is 1.32. The number of hydrogen-bond donors (Lipinski definition) is 2. The van der Waals surface area contributed by atoms with Crippen molar-refractivity contribution in [3.63, 3.8) is 0 Å². The van der Waals surface area contributed by atoms with Gasteiger partial charge in [0.05, 0.1) is 11.4 Å². The van der Waals surface area contributed by atoms with Gasteiger partial charge in [0.25, 0.3) is 11.8 Å². The van der Waals surface area contributed by atoms with Gasteiger partial charge < -0.3 is 14.8 Å². The van der Waals surface area contributed by atoms with Crippen LogP contribution in [0.1, 0.15) is 19.4 Å². The second kappa shape index (κ2) is 8.54. The Morgan fingerprint density at radius 3 is 2.83 bits per heavy atom. The first-order valence-electron chi connectivity index (χ1n) is 9.61. The second-order valence-electron chi connectivity index (χ2n) is 6.83. The van der Waals surface area contributed by atoms with Gasteiger partial charge in [0.1, 0.15) is 11.5 Å². The molecule has 0 saturated heterocycles. The maximum absolute atomic E-state index is 12.2. The van der Waals surface area contributed by atoms with Crippen LogP contribution in [-0.4, -0.2) is 29.5 Å². The Balaban J connectivity index is 1.37. The van der Waals surface area contributed by atoms with E-state index in [0.717, 1.165) is 12.0 Å². The summed E-state index contributed by atoms with van der Waals surface area (Å²) in [6.45, 7) is 3.69. The standard InChI is InChI=1S/C22H21N3O4S/c1-3-14-4-7-16(8-5-14)28-11-20(26)25-22-24-18(12-30-22)15-6-9-19-17(10-15)23-21(27)13(2)29-19/h4-10,12-13H,3,11H2,1-2H3,(H,23,27)(H,24,25,26). The van der Waals surface area contributed by atoms with Crippen molar-refractivity contribution in [3.05, 3.63) is 53.4 Å². The molecule has 0 fully saturated rings. The van der Waals surface area contributed by atoms with Gasteiger partial charge >= 0.3 is 0 Å². The van der Waals surface area contributed by atoms with Crippen LogP contribution < -0.4 is 20.1 Å². The van der Waals surface area contributed by atoms with Gasteiger partial charge in [-0.3, -0.25) is 14.9 Å². The fourth-order valence-electron chi connectivity index (χ4n) is 2.96. The molecule has 3 aromatic rings. The van der Waals surface area contributed by atoms with E-state index in [-0.39, 0.29) is 18.4 Å². The Kier molecular flexibility index (Phi) is 5.67. The highest BCUT2D eigenvalue weighted by Gasteiger charge is 2.24. The number of nitrogens with zero attached hydrogens (tertiary/aromatic N) is 1. The van der Waals surface area contributed by atoms with Crippen molar-refractivity contribution in [1.82, 2.24) is 4.98 Å². The normalized spacial score (nSPS) is 15.0. The maximum Gasteiger partial charge on any atom is 0.265 e. The van der Waals surface area contributed by atoms with Crippen LogP contribution in [0.2, 0.25) is 0 Å². The number of anilines is 2. The lowest BCUT2D eigenvalue weighted by Gasteiger charge is -2.23. The lowest BCUT2D eigenvalue weighted by Crippen LogP contribution is -2.34. The molecular formula is C22H21N3O4S. The Morgan fingerprint density at radius 2 is 2.07 bits per heavy atom. The average molecular weight is 423 g/mol. The van der Waals surface area contributed by atoms with E-state index in [1.807, 2.05) is 41.8 Å². The molecule has 0 bridgehead atoms. The van der Waals surface area contributed by atoms with Gasteiger partial charge in [0.2, 0.25) is 0 Å². The third-order valence-electron chi connectivity index (χ3n) is 4.66. The molecule has 1 aromatic heterocycles. The molecule has 2 aromatic carbocycles. The van der Waals surface area contributed by atoms with E-state index in [9.17, 15) is 9.59 Å². The molecule has 4 rings (SSSR count). The molecule has 0 spiro atoms. The number of aromatic nitrogens is 1. The summed E-state index contributed by atoms with van der Waals surface area (Å²) in [5.41, 5.74) is 3.33. The van der Waals surface area contributed by atoms with E-state index in [4.69, 9.17) is 9.47 Å². The lowest BCUT2D eigenvalue weighted by atomic mass is 10.1. The summed E-state index contributed by atoms with van der Waals surface area (Å²) in [4.78, 5) is 28.5. The Bertz CT molecular complexity index is 1080. The van der Waals surface area contributed by atoms with Crippen molar-refractivity contribution in [2.24, 2.45) is 0 Å². The van der Waals surface area contributed by atoms with Crippen LogP contribution in [0.25, 0.3) is 11.3 Å². The van der Waals surface area contributed by atoms with Gasteiger partial charge in [-0.1, -0.05) is 19.1 Å². The van der Waals surface area contributed by atoms with Crippen molar-refractivity contribution in [3.8, 4) is 22.8 Å². The van der Waals surface area contributed by atoms with Crippen molar-refractivity contribution in [2.45, 2.75) is 26.4 Å². The average Bonchev–Trinajstić information content (AvgIpc) is 3.21. The largest absolute Gasteiger partial charge is 0.484 e. The van der Waals surface area contributed by atoms with Crippen molar-refractivity contribution in [1.29, 1.82) is 0 Å². The summed E-state index contributed by atoms with van der Waals surface area (Å²) in [5.74, 6) is 0.805. The second-order valence-corrected chi connectivity index (χ2v) is 7.69. The molecule has 2 N–H and O–H groups in total. The smallest absolute Gasteiger partial charge is 0.265 e. The Labute approximate surface area is 178 Å². The van der Waals surface area contributed by atoms with Crippen LogP contribution >= 0.6 is 11.3 Å². The molecule has 154 valence electrons. The van der Waals surface area contributed by atoms with Crippen molar-refractivity contribution < 1.29 is 19.1 Å². The highest BCUT2D eigenvalue weighted by molar-refractivity contribution is 7.14. The minimum atomic E-state index is -0.517. The zero-order valence-corrected chi connectivity index (χ0v) is 17.4. The van der Waals surface area contributed by atoms with Crippen LogP contribution in [0.15, 0.2) is 47.8 Å². The zero-order chi connectivity index (χ0) is 21.1. The highest BCUT2D eigenvalue weighted by atomic mass is 32.1. The van der Waals surface area contributed by atoms with E-state index in [1.165, 1.54) is 16.9 Å². The number of thiazole rings is 1. The minimum Gasteiger partial charge on any atom is -0.484 e. The molecule has 0 saturated carbocycles. The number of hydrogen-bond acceptors (Lipinski definition) is 6. The fraction of sp³-hybridized carbons (Fsp3) is 0.227. The van der Waals surface area contributed by atoms with Gasteiger partial charge in [0.15, 0.2) is 17.8 Å². The van der Waals surface area contributed by atoms with E-state index in [2.05, 4.69) is 22.5 Å². The number of aryl methyl sites for hydroxylation is 1. The van der Waals surface area contributed by atoms with E-state index in [1.54, 1.807) is 13.0 Å².